The van der Waals surface area contributed by atoms with Crippen LogP contribution < -0.4 is 14.8 Å². The van der Waals surface area contributed by atoms with Crippen LogP contribution in [0.25, 0.3) is 0 Å². The molecule has 0 aliphatic carbocycles. The summed E-state index contributed by atoms with van der Waals surface area (Å²) in [6.07, 6.45) is 0.368. The predicted molar refractivity (Wildman–Crippen MR) is 124 cm³/mol. The fourth-order valence-corrected chi connectivity index (χ4v) is 5.06. The smallest absolute Gasteiger partial charge is 0.339 e. The lowest BCUT2D eigenvalue weighted by molar-refractivity contribution is 0.0696. The van der Waals surface area contributed by atoms with Crippen LogP contribution in [0.1, 0.15) is 41.5 Å². The normalized spacial score (nSPS) is 12.6. The zero-order valence-corrected chi connectivity index (χ0v) is 18.9. The maximum Gasteiger partial charge on any atom is 0.339 e. The molecule has 2 heterocycles. The molecule has 0 atom stereocenters. The lowest BCUT2D eigenvalue weighted by Crippen LogP contribution is -2.36. The third-order valence-electron chi connectivity index (χ3n) is 5.46. The van der Waals surface area contributed by atoms with Gasteiger partial charge in [-0.2, -0.15) is 0 Å². The van der Waals surface area contributed by atoms with Gasteiger partial charge in [0.05, 0.1) is 31.9 Å². The Bertz CT molecular complexity index is 1220. The highest BCUT2D eigenvalue weighted by Crippen LogP contribution is 2.38. The van der Waals surface area contributed by atoms with Gasteiger partial charge in [0.2, 0.25) is 0 Å². The van der Waals surface area contributed by atoms with Crippen molar-refractivity contribution in [2.24, 2.45) is 0 Å². The number of nitrogens with one attached hydrogen (secondary N) is 1. The third-order valence-corrected chi connectivity index (χ3v) is 6.59. The van der Waals surface area contributed by atoms with E-state index in [2.05, 4.69) is 5.32 Å². The molecule has 9 heteroatoms. The molecule has 0 unspecified atom stereocenters. The van der Waals surface area contributed by atoms with Crippen molar-refractivity contribution in [3.8, 4) is 11.5 Å². The van der Waals surface area contributed by atoms with E-state index in [1.165, 1.54) is 25.6 Å². The van der Waals surface area contributed by atoms with Crippen LogP contribution in [0.15, 0.2) is 48.5 Å². The summed E-state index contributed by atoms with van der Waals surface area (Å²) in [5.74, 6) is -0.765. The monoisotopic (exact) mass is 466 g/mol. The molecule has 4 rings (SSSR count). The van der Waals surface area contributed by atoms with Gasteiger partial charge in [0.25, 0.3) is 11.8 Å². The average Bonchev–Trinajstić information content (AvgIpc) is 3.20. The van der Waals surface area contributed by atoms with Crippen LogP contribution >= 0.6 is 11.3 Å². The standard InChI is InChI=1S/C24H22N2O6S/c1-31-15-8-9-18(32-2)17(12-15)23(28)26-11-10-16-19(13-26)33-22(20(16)24(29)30)25-21(27)14-6-4-3-5-7-14/h3-9,12H,10-11,13H2,1-2H3,(H,25,27)(H,29,30). The van der Waals surface area contributed by atoms with Crippen LogP contribution in [0.5, 0.6) is 11.5 Å². The van der Waals surface area contributed by atoms with Crippen molar-refractivity contribution < 1.29 is 29.0 Å². The third kappa shape index (κ3) is 4.40. The second-order valence-corrected chi connectivity index (χ2v) is 8.48. The molecule has 0 bridgehead atoms. The second kappa shape index (κ2) is 9.33. The van der Waals surface area contributed by atoms with Gasteiger partial charge in [-0.3, -0.25) is 9.59 Å². The molecule has 3 aromatic rings. The molecule has 8 nitrogen and oxygen atoms in total. The number of hydrogen-bond donors (Lipinski definition) is 2. The van der Waals surface area contributed by atoms with Gasteiger partial charge in [0.15, 0.2) is 0 Å². The van der Waals surface area contributed by atoms with Gasteiger partial charge in [-0.25, -0.2) is 4.79 Å². The molecule has 2 aromatic carbocycles. The molecule has 0 spiro atoms. The number of hydrogen-bond acceptors (Lipinski definition) is 6. The fraction of sp³-hybridized carbons (Fsp3) is 0.208. The minimum Gasteiger partial charge on any atom is -0.497 e. The number of carboxylic acid groups (broad SMARTS) is 1. The number of carbonyl (C=O) groups excluding carboxylic acids is 2. The van der Waals surface area contributed by atoms with E-state index in [-0.39, 0.29) is 28.9 Å². The van der Waals surface area contributed by atoms with E-state index in [1.54, 1.807) is 53.4 Å². The molecule has 1 aliphatic heterocycles. The van der Waals surface area contributed by atoms with Crippen molar-refractivity contribution in [1.82, 2.24) is 4.90 Å². The molecule has 1 aromatic heterocycles. The van der Waals surface area contributed by atoms with E-state index in [4.69, 9.17) is 9.47 Å². The minimum atomic E-state index is -1.11. The number of aromatic carboxylic acids is 1. The van der Waals surface area contributed by atoms with Crippen LogP contribution in [0.4, 0.5) is 5.00 Å². The first-order chi connectivity index (χ1) is 15.9. The Morgan fingerprint density at radius 2 is 1.82 bits per heavy atom. The summed E-state index contributed by atoms with van der Waals surface area (Å²) in [5, 5.41) is 12.8. The number of thiophene rings is 1. The summed E-state index contributed by atoms with van der Waals surface area (Å²) in [6.45, 7) is 0.579. The quantitative estimate of drug-likeness (QED) is 0.571. The largest absolute Gasteiger partial charge is 0.497 e. The molecule has 0 fully saturated rings. The van der Waals surface area contributed by atoms with Crippen molar-refractivity contribution in [3.05, 3.63) is 75.7 Å². The van der Waals surface area contributed by atoms with E-state index in [0.717, 1.165) is 4.88 Å². The number of carbonyl (C=O) groups is 3. The fourth-order valence-electron chi connectivity index (χ4n) is 3.81. The molecule has 1 aliphatic rings. The lowest BCUT2D eigenvalue weighted by Gasteiger charge is -2.27. The highest BCUT2D eigenvalue weighted by Gasteiger charge is 2.31. The van der Waals surface area contributed by atoms with Crippen molar-refractivity contribution in [1.29, 1.82) is 0 Å². The van der Waals surface area contributed by atoms with Crippen molar-refractivity contribution in [2.75, 3.05) is 26.1 Å². The Labute approximate surface area is 194 Å². The Morgan fingerprint density at radius 1 is 1.06 bits per heavy atom. The van der Waals surface area contributed by atoms with Gasteiger partial charge >= 0.3 is 5.97 Å². The zero-order valence-electron chi connectivity index (χ0n) is 18.1. The van der Waals surface area contributed by atoms with Crippen LogP contribution in [-0.2, 0) is 13.0 Å². The summed E-state index contributed by atoms with van der Waals surface area (Å²) in [6, 6.07) is 13.6. The van der Waals surface area contributed by atoms with Crippen molar-refractivity contribution in [2.45, 2.75) is 13.0 Å². The molecule has 0 saturated carbocycles. The van der Waals surface area contributed by atoms with Gasteiger partial charge in [-0.1, -0.05) is 18.2 Å². The highest BCUT2D eigenvalue weighted by molar-refractivity contribution is 7.17. The Hall–Kier alpha value is -3.85. The number of benzene rings is 2. The lowest BCUT2D eigenvalue weighted by atomic mass is 10.0. The number of fused-ring (bicyclic) bond motifs is 1. The van der Waals surface area contributed by atoms with E-state index in [9.17, 15) is 19.5 Å². The van der Waals surface area contributed by atoms with Crippen LogP contribution in [0, 0.1) is 0 Å². The molecule has 170 valence electrons. The van der Waals surface area contributed by atoms with Crippen molar-refractivity contribution in [3.63, 3.8) is 0 Å². The first-order valence-electron chi connectivity index (χ1n) is 10.2. The average molecular weight is 467 g/mol. The number of amides is 2. The first kappa shape index (κ1) is 22.3. The SMILES string of the molecule is COc1ccc(OC)c(C(=O)N2CCc3c(sc(NC(=O)c4ccccc4)c3C(=O)O)C2)c1. The highest BCUT2D eigenvalue weighted by atomic mass is 32.1. The summed E-state index contributed by atoms with van der Waals surface area (Å²) in [4.78, 5) is 40.2. The number of rotatable bonds is 6. The Morgan fingerprint density at radius 3 is 2.48 bits per heavy atom. The van der Waals surface area contributed by atoms with Gasteiger partial charge < -0.3 is 24.8 Å². The van der Waals surface area contributed by atoms with E-state index < -0.39 is 5.97 Å². The molecule has 0 saturated heterocycles. The summed E-state index contributed by atoms with van der Waals surface area (Å²) in [7, 11) is 3.01. The minimum absolute atomic E-state index is 0.0883. The van der Waals surface area contributed by atoms with Crippen molar-refractivity contribution >= 4 is 34.1 Å². The van der Waals surface area contributed by atoms with Crippen LogP contribution in [-0.4, -0.2) is 48.6 Å². The summed E-state index contributed by atoms with van der Waals surface area (Å²) in [5.41, 5.74) is 1.54. The van der Waals surface area contributed by atoms with E-state index in [0.29, 0.717) is 41.2 Å². The predicted octanol–water partition coefficient (Wildman–Crippen LogP) is 3.91. The Kier molecular flexibility index (Phi) is 6.32. The Balaban J connectivity index is 1.62. The molecule has 2 N–H and O–H groups in total. The number of anilines is 1. The van der Waals surface area contributed by atoms with Crippen LogP contribution in [0.3, 0.4) is 0 Å². The van der Waals surface area contributed by atoms with Gasteiger partial charge in [0, 0.05) is 17.0 Å². The zero-order chi connectivity index (χ0) is 23.5. The maximum atomic E-state index is 13.3. The van der Waals surface area contributed by atoms with E-state index in [1.807, 2.05) is 0 Å². The van der Waals surface area contributed by atoms with Gasteiger partial charge in [0.1, 0.15) is 16.5 Å². The summed E-state index contributed by atoms with van der Waals surface area (Å²) >= 11 is 1.18. The molecular formula is C24H22N2O6S. The topological polar surface area (TPSA) is 105 Å². The number of methoxy groups -OCH3 is 2. The van der Waals surface area contributed by atoms with E-state index >= 15 is 0 Å². The second-order valence-electron chi connectivity index (χ2n) is 7.38. The number of carboxylic acids is 1. The molecule has 2 amide bonds. The summed E-state index contributed by atoms with van der Waals surface area (Å²) < 4.78 is 10.6. The number of ether oxygens (including phenoxy) is 2. The van der Waals surface area contributed by atoms with Gasteiger partial charge in [-0.15, -0.1) is 11.3 Å². The maximum absolute atomic E-state index is 13.3. The molecular weight excluding hydrogens is 444 g/mol. The van der Waals surface area contributed by atoms with Crippen LogP contribution in [0.2, 0.25) is 0 Å². The van der Waals surface area contributed by atoms with Gasteiger partial charge in [-0.05, 0) is 42.3 Å². The molecule has 0 radical (unpaired) electrons. The first-order valence-corrected chi connectivity index (χ1v) is 11.0. The number of nitrogens with zero attached hydrogens (tertiary/aromatic N) is 1. The molecule has 33 heavy (non-hydrogen) atoms.